The molecule has 2 N–H and O–H groups in total. The van der Waals surface area contributed by atoms with Crippen LogP contribution in [-0.2, 0) is 21.4 Å². The number of fused-ring (bicyclic) bond motifs is 5. The van der Waals surface area contributed by atoms with Crippen LogP contribution in [0.3, 0.4) is 0 Å². The Morgan fingerprint density at radius 1 is 1.19 bits per heavy atom. The monoisotopic (exact) mass is 571 g/mol. The molecule has 4 rings (SSSR count). The molecule has 2 aliphatic carbocycles. The van der Waals surface area contributed by atoms with Crippen LogP contribution in [0.15, 0.2) is 22.5 Å². The normalized spacial score (nSPS) is 26.5. The van der Waals surface area contributed by atoms with Gasteiger partial charge in [-0.1, -0.05) is 32.9 Å². The van der Waals surface area contributed by atoms with E-state index in [4.69, 9.17) is 4.98 Å². The maximum absolute atomic E-state index is 12.8. The predicted octanol–water partition coefficient (Wildman–Crippen LogP) is 2.96. The van der Waals surface area contributed by atoms with Gasteiger partial charge in [-0.15, -0.1) is 35.3 Å². The molecule has 2 fully saturated rings. The van der Waals surface area contributed by atoms with Gasteiger partial charge in [0, 0.05) is 43.4 Å². The molecule has 0 radical (unpaired) electrons. The average Bonchev–Trinajstić information content (AvgIpc) is 3.48. The van der Waals surface area contributed by atoms with Gasteiger partial charge in [-0.3, -0.25) is 19.5 Å². The molecule has 2 amide bonds. The van der Waals surface area contributed by atoms with E-state index in [9.17, 15) is 9.59 Å². The molecule has 176 valence electrons. The molecule has 7 nitrogen and oxygen atoms in total. The summed E-state index contributed by atoms with van der Waals surface area (Å²) in [5, 5.41) is 9.72. The highest BCUT2D eigenvalue weighted by atomic mass is 127. The van der Waals surface area contributed by atoms with E-state index in [0.29, 0.717) is 25.6 Å². The van der Waals surface area contributed by atoms with E-state index < -0.39 is 0 Å². The Labute approximate surface area is 211 Å². The van der Waals surface area contributed by atoms with Crippen molar-refractivity contribution in [3.8, 4) is 0 Å². The summed E-state index contributed by atoms with van der Waals surface area (Å²) >= 11 is 1.68. The van der Waals surface area contributed by atoms with Crippen molar-refractivity contribution in [2.45, 2.75) is 46.0 Å². The Morgan fingerprint density at radius 3 is 2.41 bits per heavy atom. The standard InChI is InChI=1S/C23H33N5O2S.HI/c1-5-24-22(25-9-8-17-27-16(13-31-17)23(2,3)4)26-10-11-28-20(29)18-14-6-7-15(12-14)19(18)21(28)30;/h6-7,13-15,18-19H,5,8-12H2,1-4H3,(H2,24,25,26);1H. The van der Waals surface area contributed by atoms with Gasteiger partial charge in [-0.05, 0) is 25.2 Å². The molecule has 2 bridgehead atoms. The fourth-order valence-electron chi connectivity index (χ4n) is 4.85. The van der Waals surface area contributed by atoms with E-state index in [1.165, 1.54) is 4.90 Å². The highest BCUT2D eigenvalue weighted by Gasteiger charge is 2.58. The molecule has 0 spiro atoms. The second-order valence-electron chi connectivity index (χ2n) is 9.64. The van der Waals surface area contributed by atoms with Crippen LogP contribution in [0.5, 0.6) is 0 Å². The van der Waals surface area contributed by atoms with E-state index in [0.717, 1.165) is 30.1 Å². The number of hydrogen-bond donors (Lipinski definition) is 2. The van der Waals surface area contributed by atoms with Crippen molar-refractivity contribution in [3.63, 3.8) is 0 Å². The zero-order chi connectivity index (χ0) is 22.2. The fraction of sp³-hybridized carbons (Fsp3) is 0.652. The first-order chi connectivity index (χ1) is 14.8. The number of allylic oxidation sites excluding steroid dienone is 2. The minimum absolute atomic E-state index is 0. The first-order valence-corrected chi connectivity index (χ1v) is 12.2. The molecule has 1 saturated heterocycles. The molecule has 1 aromatic heterocycles. The first kappa shape index (κ1) is 25.1. The van der Waals surface area contributed by atoms with Crippen LogP contribution in [-0.4, -0.2) is 53.8 Å². The number of imide groups is 1. The number of nitrogens with zero attached hydrogens (tertiary/aromatic N) is 3. The van der Waals surface area contributed by atoms with Crippen LogP contribution in [0.2, 0.25) is 0 Å². The summed E-state index contributed by atoms with van der Waals surface area (Å²) in [6.45, 7) is 10.8. The van der Waals surface area contributed by atoms with Crippen LogP contribution < -0.4 is 10.6 Å². The van der Waals surface area contributed by atoms with Crippen molar-refractivity contribution in [1.82, 2.24) is 20.5 Å². The summed E-state index contributed by atoms with van der Waals surface area (Å²) in [5.41, 5.74) is 1.18. The molecule has 1 aromatic rings. The summed E-state index contributed by atoms with van der Waals surface area (Å²) in [4.78, 5) is 36.4. The maximum Gasteiger partial charge on any atom is 0.233 e. The van der Waals surface area contributed by atoms with E-state index in [1.807, 2.05) is 6.92 Å². The minimum Gasteiger partial charge on any atom is -0.357 e. The third-order valence-electron chi connectivity index (χ3n) is 6.45. The number of carbonyl (C=O) groups is 2. The SMILES string of the molecule is CCNC(=NCCc1nc(C(C)(C)C)cs1)NCCN1C(=O)C2C3C=CC(C3)C2C1=O.I. The minimum atomic E-state index is -0.124. The number of aliphatic imine (C=N–C) groups is 1. The van der Waals surface area contributed by atoms with Crippen molar-refractivity contribution in [1.29, 1.82) is 0 Å². The third-order valence-corrected chi connectivity index (χ3v) is 7.36. The summed E-state index contributed by atoms with van der Waals surface area (Å²) in [6.07, 6.45) is 6.01. The summed E-state index contributed by atoms with van der Waals surface area (Å²) in [6, 6.07) is 0. The Bertz CT molecular complexity index is 876. The zero-order valence-corrected chi connectivity index (χ0v) is 22.4. The smallest absolute Gasteiger partial charge is 0.233 e. The van der Waals surface area contributed by atoms with Crippen molar-refractivity contribution in [2.24, 2.45) is 28.7 Å². The van der Waals surface area contributed by atoms with Gasteiger partial charge in [-0.2, -0.15) is 0 Å². The number of guanidine groups is 1. The average molecular weight is 572 g/mol. The molecule has 4 atom stereocenters. The van der Waals surface area contributed by atoms with E-state index in [2.05, 4.69) is 53.9 Å². The quantitative estimate of drug-likeness (QED) is 0.173. The predicted molar refractivity (Wildman–Crippen MR) is 138 cm³/mol. The van der Waals surface area contributed by atoms with Gasteiger partial charge in [-0.25, -0.2) is 4.98 Å². The fourth-order valence-corrected chi connectivity index (χ4v) is 5.86. The van der Waals surface area contributed by atoms with Gasteiger partial charge in [0.1, 0.15) is 0 Å². The molecule has 3 aliphatic rings. The lowest BCUT2D eigenvalue weighted by molar-refractivity contribution is -0.140. The number of amides is 2. The lowest BCUT2D eigenvalue weighted by atomic mass is 9.85. The summed E-state index contributed by atoms with van der Waals surface area (Å²) in [5.74, 6) is 0.987. The van der Waals surface area contributed by atoms with Gasteiger partial charge >= 0.3 is 0 Å². The summed E-state index contributed by atoms with van der Waals surface area (Å²) in [7, 11) is 0. The van der Waals surface area contributed by atoms with Crippen molar-refractivity contribution < 1.29 is 9.59 Å². The topological polar surface area (TPSA) is 86.7 Å². The maximum atomic E-state index is 12.8. The van der Waals surface area contributed by atoms with Crippen LogP contribution >= 0.6 is 35.3 Å². The third kappa shape index (κ3) is 5.03. The number of aromatic nitrogens is 1. The van der Waals surface area contributed by atoms with Crippen LogP contribution in [0, 0.1) is 23.7 Å². The van der Waals surface area contributed by atoms with Crippen LogP contribution in [0.4, 0.5) is 0 Å². The number of thiazole rings is 1. The van der Waals surface area contributed by atoms with E-state index in [1.54, 1.807) is 11.3 Å². The number of nitrogens with one attached hydrogen (secondary N) is 2. The number of hydrogen-bond acceptors (Lipinski definition) is 5. The molecule has 1 aliphatic heterocycles. The lowest BCUT2D eigenvalue weighted by Crippen LogP contribution is -2.43. The molecule has 9 heteroatoms. The van der Waals surface area contributed by atoms with Crippen LogP contribution in [0.25, 0.3) is 0 Å². The Morgan fingerprint density at radius 2 is 1.84 bits per heavy atom. The number of rotatable bonds is 7. The second kappa shape index (κ2) is 10.2. The molecule has 32 heavy (non-hydrogen) atoms. The molecule has 0 aromatic carbocycles. The Hall–Kier alpha value is -1.49. The number of carbonyl (C=O) groups excluding carboxylic acids is 2. The molecular weight excluding hydrogens is 537 g/mol. The first-order valence-electron chi connectivity index (χ1n) is 11.3. The van der Waals surface area contributed by atoms with Crippen molar-refractivity contribution >= 4 is 53.1 Å². The number of halogens is 1. The second-order valence-corrected chi connectivity index (χ2v) is 10.6. The molecule has 2 heterocycles. The van der Waals surface area contributed by atoms with Crippen LogP contribution in [0.1, 0.15) is 44.8 Å². The van der Waals surface area contributed by atoms with E-state index in [-0.39, 0.29) is 64.9 Å². The van der Waals surface area contributed by atoms with Gasteiger partial charge < -0.3 is 10.6 Å². The lowest BCUT2D eigenvalue weighted by Gasteiger charge is -2.18. The Balaban J connectivity index is 0.00000289. The zero-order valence-electron chi connectivity index (χ0n) is 19.3. The number of likely N-dealkylation sites (tertiary alicyclic amines) is 1. The van der Waals surface area contributed by atoms with Crippen molar-refractivity contribution in [2.75, 3.05) is 26.2 Å². The Kier molecular flexibility index (Phi) is 8.01. The van der Waals surface area contributed by atoms with Gasteiger partial charge in [0.2, 0.25) is 11.8 Å². The van der Waals surface area contributed by atoms with Gasteiger partial charge in [0.15, 0.2) is 5.96 Å². The molecule has 1 saturated carbocycles. The van der Waals surface area contributed by atoms with Crippen molar-refractivity contribution in [3.05, 3.63) is 28.2 Å². The molecule has 4 unspecified atom stereocenters. The highest BCUT2D eigenvalue weighted by Crippen LogP contribution is 2.52. The highest BCUT2D eigenvalue weighted by molar-refractivity contribution is 14.0. The van der Waals surface area contributed by atoms with Gasteiger partial charge in [0.25, 0.3) is 0 Å². The van der Waals surface area contributed by atoms with Gasteiger partial charge in [0.05, 0.1) is 22.5 Å². The largest absolute Gasteiger partial charge is 0.357 e. The van der Waals surface area contributed by atoms with E-state index >= 15 is 0 Å². The molecular formula is C23H34IN5O2S. The summed E-state index contributed by atoms with van der Waals surface area (Å²) < 4.78 is 0.